The molecule has 1 aliphatic rings. The van der Waals surface area contributed by atoms with Crippen molar-refractivity contribution in [2.24, 2.45) is 7.05 Å². The van der Waals surface area contributed by atoms with E-state index in [0.29, 0.717) is 17.8 Å². The molecule has 0 aliphatic carbocycles. The first kappa shape index (κ1) is 20.9. The van der Waals surface area contributed by atoms with Crippen LogP contribution in [0.1, 0.15) is 31.0 Å². The molecule has 0 amide bonds. The Hall–Kier alpha value is -3.85. The Morgan fingerprint density at radius 2 is 2.03 bits per heavy atom. The Morgan fingerprint density at radius 1 is 1.30 bits per heavy atom. The van der Waals surface area contributed by atoms with E-state index < -0.39 is 5.97 Å². The zero-order chi connectivity index (χ0) is 21.8. The fraction of sp³-hybridized carbons (Fsp3) is 0.208. The van der Waals surface area contributed by atoms with E-state index in [0.717, 1.165) is 34.4 Å². The van der Waals surface area contributed by atoms with Crippen LogP contribution in [0.3, 0.4) is 0 Å². The number of nitriles is 1. The van der Waals surface area contributed by atoms with Crippen LogP contribution in [0, 0.1) is 18.3 Å². The second-order valence-electron chi connectivity index (χ2n) is 7.12. The number of allylic oxidation sites excluding steroid dienone is 3. The number of aryl methyl sites for hydroxylation is 2. The van der Waals surface area contributed by atoms with Crippen molar-refractivity contribution < 1.29 is 9.90 Å². The summed E-state index contributed by atoms with van der Waals surface area (Å²) >= 11 is 0. The quantitative estimate of drug-likeness (QED) is 0.706. The molecule has 2 heterocycles. The van der Waals surface area contributed by atoms with Crippen LogP contribution in [0.2, 0.25) is 0 Å². The van der Waals surface area contributed by atoms with Crippen molar-refractivity contribution >= 4 is 11.5 Å². The van der Waals surface area contributed by atoms with Crippen LogP contribution < -0.4 is 0 Å². The largest absolute Gasteiger partial charge is 0.478 e. The van der Waals surface area contributed by atoms with Gasteiger partial charge < -0.3 is 10.0 Å². The van der Waals surface area contributed by atoms with E-state index in [1.165, 1.54) is 12.2 Å². The summed E-state index contributed by atoms with van der Waals surface area (Å²) in [6, 6.07) is 10.3. The van der Waals surface area contributed by atoms with Crippen molar-refractivity contribution in [3.05, 3.63) is 83.6 Å². The Labute approximate surface area is 176 Å². The summed E-state index contributed by atoms with van der Waals surface area (Å²) in [5.74, 6) is -1.03. The molecule has 30 heavy (non-hydrogen) atoms. The lowest BCUT2D eigenvalue weighted by atomic mass is 9.91. The molecule has 1 aromatic carbocycles. The number of hydrogen-bond acceptors (Lipinski definition) is 4. The van der Waals surface area contributed by atoms with E-state index in [4.69, 9.17) is 0 Å². The molecular weight excluding hydrogens is 376 g/mol. The van der Waals surface area contributed by atoms with Gasteiger partial charge in [0.1, 0.15) is 11.8 Å². The van der Waals surface area contributed by atoms with Gasteiger partial charge in [-0.05, 0) is 42.2 Å². The summed E-state index contributed by atoms with van der Waals surface area (Å²) in [5.41, 5.74) is 5.79. The van der Waals surface area contributed by atoms with Gasteiger partial charge in [0.2, 0.25) is 0 Å². The molecule has 152 valence electrons. The zero-order valence-corrected chi connectivity index (χ0v) is 17.4. The van der Waals surface area contributed by atoms with Crippen LogP contribution in [0.4, 0.5) is 0 Å². The normalized spacial score (nSPS) is 14.3. The molecule has 3 rings (SSSR count). The van der Waals surface area contributed by atoms with Gasteiger partial charge in [0.15, 0.2) is 0 Å². The van der Waals surface area contributed by atoms with Crippen molar-refractivity contribution in [3.8, 4) is 17.2 Å². The van der Waals surface area contributed by atoms with Gasteiger partial charge in [-0.2, -0.15) is 10.4 Å². The summed E-state index contributed by atoms with van der Waals surface area (Å²) in [6.07, 6.45) is 8.06. The topological polar surface area (TPSA) is 82.1 Å². The molecule has 2 aromatic rings. The molecule has 1 N–H and O–H groups in total. The van der Waals surface area contributed by atoms with Crippen molar-refractivity contribution in [1.29, 1.82) is 5.26 Å². The predicted octanol–water partition coefficient (Wildman–Crippen LogP) is 4.78. The molecule has 0 bridgehead atoms. The summed E-state index contributed by atoms with van der Waals surface area (Å²) in [7, 11) is 1.89. The number of aromatic nitrogens is 2. The van der Waals surface area contributed by atoms with Crippen LogP contribution in [0.5, 0.6) is 0 Å². The Morgan fingerprint density at radius 3 is 2.60 bits per heavy atom. The summed E-state index contributed by atoms with van der Waals surface area (Å²) in [6.45, 7) is 8.00. The van der Waals surface area contributed by atoms with Crippen LogP contribution in [-0.4, -0.2) is 25.8 Å². The number of nitrogens with zero attached hydrogens (tertiary/aromatic N) is 4. The molecular formula is C24H24N4O2. The first-order valence-corrected chi connectivity index (χ1v) is 9.72. The third-order valence-electron chi connectivity index (χ3n) is 4.97. The lowest BCUT2D eigenvalue weighted by Gasteiger charge is -2.26. The van der Waals surface area contributed by atoms with E-state index >= 15 is 0 Å². The smallest absolute Gasteiger partial charge is 0.335 e. The van der Waals surface area contributed by atoms with E-state index in [1.807, 2.05) is 44.4 Å². The third kappa shape index (κ3) is 3.96. The van der Waals surface area contributed by atoms with Gasteiger partial charge >= 0.3 is 5.97 Å². The maximum Gasteiger partial charge on any atom is 0.335 e. The van der Waals surface area contributed by atoms with Crippen molar-refractivity contribution in [1.82, 2.24) is 14.7 Å². The minimum Gasteiger partial charge on any atom is -0.478 e. The molecule has 0 saturated heterocycles. The second kappa shape index (κ2) is 8.66. The third-order valence-corrected chi connectivity index (χ3v) is 4.97. The molecule has 0 unspecified atom stereocenters. The average Bonchev–Trinajstić information content (AvgIpc) is 3.06. The number of carbonyl (C=O) groups is 1. The molecule has 0 spiro atoms. The van der Waals surface area contributed by atoms with Gasteiger partial charge in [0.05, 0.1) is 11.3 Å². The van der Waals surface area contributed by atoms with E-state index in [2.05, 4.69) is 24.7 Å². The van der Waals surface area contributed by atoms with Gasteiger partial charge in [0, 0.05) is 30.7 Å². The van der Waals surface area contributed by atoms with Gasteiger partial charge in [-0.3, -0.25) is 4.68 Å². The summed E-state index contributed by atoms with van der Waals surface area (Å²) < 4.78 is 1.78. The minimum atomic E-state index is -1.03. The predicted molar refractivity (Wildman–Crippen MR) is 117 cm³/mol. The van der Waals surface area contributed by atoms with Crippen LogP contribution in [-0.2, 0) is 11.8 Å². The number of benzene rings is 1. The maximum absolute atomic E-state index is 11.3. The Balaban J connectivity index is 2.19. The first-order chi connectivity index (χ1) is 14.4. The highest BCUT2D eigenvalue weighted by molar-refractivity contribution is 5.91. The fourth-order valence-corrected chi connectivity index (χ4v) is 3.64. The highest BCUT2D eigenvalue weighted by Crippen LogP contribution is 2.36. The number of carboxylic acids is 1. The molecule has 6 nitrogen and oxygen atoms in total. The lowest BCUT2D eigenvalue weighted by Crippen LogP contribution is -2.19. The Kier molecular flexibility index (Phi) is 6.03. The molecule has 0 radical (unpaired) electrons. The van der Waals surface area contributed by atoms with Crippen molar-refractivity contribution in [2.75, 3.05) is 0 Å². The average molecular weight is 400 g/mol. The fourth-order valence-electron chi connectivity index (χ4n) is 3.64. The molecule has 0 atom stereocenters. The summed E-state index contributed by atoms with van der Waals surface area (Å²) in [4.78, 5) is 12.9. The number of hydrogen-bond donors (Lipinski definition) is 1. The SMILES string of the molecule is C=C1C=C(C(=O)O)C=CN1/C(C#N)=C(\CCC)c1ccccc1-c1cn(C)nc1C. The minimum absolute atomic E-state index is 0.136. The van der Waals surface area contributed by atoms with Gasteiger partial charge in [-0.25, -0.2) is 4.79 Å². The van der Waals surface area contributed by atoms with Crippen molar-refractivity contribution in [3.63, 3.8) is 0 Å². The van der Waals surface area contributed by atoms with Crippen LogP contribution >= 0.6 is 0 Å². The molecule has 6 heteroatoms. The first-order valence-electron chi connectivity index (χ1n) is 9.72. The standard InChI is InChI=1S/C24H24N4O2/c1-5-8-21(23(14-25)28-12-11-18(24(29)30)13-16(28)2)19-9-6-7-10-20(19)22-15-27(4)26-17(22)3/h6-7,9-13,15H,2,5,8H2,1,3-4H3,(H,29,30)/b23-21+. The summed E-state index contributed by atoms with van der Waals surface area (Å²) in [5, 5.41) is 23.8. The molecule has 1 aliphatic heterocycles. The van der Waals surface area contributed by atoms with Gasteiger partial charge in [-0.1, -0.05) is 44.2 Å². The van der Waals surface area contributed by atoms with Crippen molar-refractivity contribution in [2.45, 2.75) is 26.7 Å². The Bertz CT molecular complexity index is 1140. The molecule has 0 saturated carbocycles. The van der Waals surface area contributed by atoms with E-state index in [9.17, 15) is 15.2 Å². The number of carboxylic acid groups (broad SMARTS) is 1. The van der Waals surface area contributed by atoms with Gasteiger partial charge in [-0.15, -0.1) is 0 Å². The van der Waals surface area contributed by atoms with E-state index in [1.54, 1.807) is 15.8 Å². The second-order valence-corrected chi connectivity index (χ2v) is 7.12. The maximum atomic E-state index is 11.3. The van der Waals surface area contributed by atoms with Gasteiger partial charge in [0.25, 0.3) is 0 Å². The van der Waals surface area contributed by atoms with Crippen LogP contribution in [0.25, 0.3) is 16.7 Å². The highest BCUT2D eigenvalue weighted by Gasteiger charge is 2.22. The highest BCUT2D eigenvalue weighted by atomic mass is 16.4. The van der Waals surface area contributed by atoms with Crippen LogP contribution in [0.15, 0.2) is 72.4 Å². The zero-order valence-electron chi connectivity index (χ0n) is 17.4. The molecule has 1 aromatic heterocycles. The monoisotopic (exact) mass is 400 g/mol. The lowest BCUT2D eigenvalue weighted by molar-refractivity contribution is -0.132. The number of aliphatic carboxylic acids is 1. The van der Waals surface area contributed by atoms with E-state index in [-0.39, 0.29) is 5.57 Å². The molecule has 0 fully saturated rings. The number of rotatable bonds is 6.